The van der Waals surface area contributed by atoms with Gasteiger partial charge in [-0.05, 0) is 55.4 Å². The summed E-state index contributed by atoms with van der Waals surface area (Å²) in [4.78, 5) is 0. The average Bonchev–Trinajstić information content (AvgIpc) is 3.33. The Morgan fingerprint density at radius 1 is 0.833 bits per heavy atom. The smallest absolute Gasteiger partial charge is 0.396 e. The van der Waals surface area contributed by atoms with Crippen molar-refractivity contribution in [2.24, 2.45) is 17.8 Å². The molecule has 0 saturated heterocycles. The zero-order valence-corrected chi connectivity index (χ0v) is 18.8. The second-order valence-electron chi connectivity index (χ2n) is 7.56. The number of alkyl halides is 4. The van der Waals surface area contributed by atoms with Crippen LogP contribution in [0, 0.1) is 24.9 Å². The minimum atomic E-state index is -6.35. The highest BCUT2D eigenvalue weighted by Crippen LogP contribution is 2.58. The highest BCUT2D eigenvalue weighted by Gasteiger charge is 2.68. The van der Waals surface area contributed by atoms with E-state index in [0.717, 1.165) is 0 Å². The average molecular weight is 556 g/mol. The van der Waals surface area contributed by atoms with Gasteiger partial charge in [0.15, 0.2) is 17.3 Å². The Balaban J connectivity index is 0.000000177. The number of rotatable bonds is 5. The van der Waals surface area contributed by atoms with Crippen LogP contribution >= 0.6 is 0 Å². The Labute approximate surface area is 183 Å². The number of fused-ring (bicyclic) bond motifs is 2. The number of hydrogen-bond donors (Lipinski definition) is 0. The first-order chi connectivity index (χ1) is 14.0. The highest BCUT2D eigenvalue weighted by atomic mass is 127. The Morgan fingerprint density at radius 3 is 1.70 bits per heavy atom. The van der Waals surface area contributed by atoms with Crippen molar-refractivity contribution >= 4 is 10.1 Å². The van der Waals surface area contributed by atoms with Crippen molar-refractivity contribution in [3.63, 3.8) is 0 Å². The molecule has 4 rings (SSSR count). The quantitative estimate of drug-likeness (QED) is 0.322. The normalized spacial score (nSPS) is 23.7. The molecular formula is C21H21F4IO3S. The lowest BCUT2D eigenvalue weighted by Gasteiger charge is -2.36. The molecule has 3 nitrogen and oxygen atoms in total. The van der Waals surface area contributed by atoms with E-state index in [1.807, 2.05) is 0 Å². The van der Waals surface area contributed by atoms with Crippen LogP contribution in [0.1, 0.15) is 25.7 Å². The van der Waals surface area contributed by atoms with Gasteiger partial charge in [0.2, 0.25) is 0 Å². The van der Waals surface area contributed by atoms with Gasteiger partial charge in [0, 0.05) is 5.92 Å². The van der Waals surface area contributed by atoms with Crippen LogP contribution in [0.4, 0.5) is 17.6 Å². The monoisotopic (exact) mass is 556 g/mol. The first-order valence-electron chi connectivity index (χ1n) is 9.48. The van der Waals surface area contributed by atoms with Gasteiger partial charge in [-0.25, -0.2) is 8.42 Å². The lowest BCUT2D eigenvalue weighted by Crippen LogP contribution is -3.61. The number of hydrogen-bond acceptors (Lipinski definition) is 3. The third kappa shape index (κ3) is 4.99. The first-order valence-corrected chi connectivity index (χ1v) is 13.0. The minimum absolute atomic E-state index is 0.0287. The molecule has 0 aliphatic heterocycles. The lowest BCUT2D eigenvalue weighted by atomic mass is 9.84. The van der Waals surface area contributed by atoms with Crippen molar-refractivity contribution in [1.82, 2.24) is 0 Å². The molecule has 2 saturated carbocycles. The van der Waals surface area contributed by atoms with Crippen molar-refractivity contribution in [2.45, 2.75) is 36.9 Å². The molecule has 0 aromatic heterocycles. The van der Waals surface area contributed by atoms with Gasteiger partial charge in [-0.2, -0.15) is 17.6 Å². The van der Waals surface area contributed by atoms with Crippen molar-refractivity contribution in [3.8, 4) is 0 Å². The fraction of sp³-hybridized carbons (Fsp3) is 0.429. The van der Waals surface area contributed by atoms with Crippen molar-refractivity contribution < 1.29 is 51.7 Å². The van der Waals surface area contributed by atoms with E-state index in [-0.39, 0.29) is 33.5 Å². The van der Waals surface area contributed by atoms with E-state index >= 15 is 0 Å². The molecule has 3 unspecified atom stereocenters. The van der Waals surface area contributed by atoms with Crippen LogP contribution in [-0.4, -0.2) is 24.1 Å². The van der Waals surface area contributed by atoms with Crippen LogP contribution in [0.2, 0.25) is 0 Å². The summed E-state index contributed by atoms with van der Waals surface area (Å²) in [6, 6.07) is 21.4. The molecular weight excluding hydrogens is 535 g/mol. The summed E-state index contributed by atoms with van der Waals surface area (Å²) >= 11 is 0.0287. The number of halogens is 5. The fourth-order valence-corrected chi connectivity index (χ4v) is 6.91. The van der Waals surface area contributed by atoms with Gasteiger partial charge in [-0.15, -0.1) is 0 Å². The third-order valence-corrected chi connectivity index (χ3v) is 9.17. The maximum Gasteiger partial charge on any atom is 0.396 e. The van der Waals surface area contributed by atoms with Crippen LogP contribution in [0.15, 0.2) is 60.7 Å². The van der Waals surface area contributed by atoms with Crippen molar-refractivity contribution in [2.75, 3.05) is 0 Å². The van der Waals surface area contributed by atoms with E-state index in [9.17, 15) is 30.5 Å². The molecule has 0 radical (unpaired) electrons. The predicted molar refractivity (Wildman–Crippen MR) is 98.8 cm³/mol. The number of benzene rings is 2. The molecule has 2 aliphatic rings. The van der Waals surface area contributed by atoms with E-state index in [2.05, 4.69) is 60.7 Å². The summed E-state index contributed by atoms with van der Waals surface area (Å²) in [5.74, 6) is -7.10. The summed E-state index contributed by atoms with van der Waals surface area (Å²) in [7, 11) is -6.35. The van der Waals surface area contributed by atoms with Crippen molar-refractivity contribution in [1.29, 1.82) is 0 Å². The van der Waals surface area contributed by atoms with Gasteiger partial charge >= 0.3 is 32.4 Å². The zero-order valence-electron chi connectivity index (χ0n) is 15.9. The van der Waals surface area contributed by atoms with E-state index in [0.29, 0.717) is 19.3 Å². The standard InChI is InChI=1S/C12H10I.C9H12F4O3S/c1-3-7-11(8-4-1)13-12-9-5-2-6-10-12;10-8(11,9(12,13)17(14,15)16)7-4-5-1-2-6(7)3-5/h1-10H;5-7H,1-4H2,(H,14,15,16)/q+1;/p-1. The van der Waals surface area contributed by atoms with E-state index in [4.69, 9.17) is 0 Å². The Kier molecular flexibility index (Phi) is 7.13. The SMILES string of the molecule is O=S(=O)([O-])C(F)(F)C(F)(F)C1CC2CCC1C2.c1ccc([I+]c2ccccc2)cc1. The molecule has 2 aromatic rings. The zero-order chi connectivity index (χ0) is 22.0. The summed E-state index contributed by atoms with van der Waals surface area (Å²) in [5, 5.41) is -5.52. The van der Waals surface area contributed by atoms with Crippen LogP contribution in [0.3, 0.4) is 0 Å². The summed E-state index contributed by atoms with van der Waals surface area (Å²) in [6.45, 7) is 0. The van der Waals surface area contributed by atoms with Gasteiger partial charge in [-0.1, -0.05) is 42.8 Å². The van der Waals surface area contributed by atoms with Gasteiger partial charge in [-0.3, -0.25) is 0 Å². The Morgan fingerprint density at radius 2 is 1.33 bits per heavy atom. The molecule has 0 N–H and O–H groups in total. The molecule has 3 atom stereocenters. The van der Waals surface area contributed by atoms with Gasteiger partial charge < -0.3 is 4.55 Å². The second kappa shape index (κ2) is 9.12. The van der Waals surface area contributed by atoms with Crippen molar-refractivity contribution in [3.05, 3.63) is 67.8 Å². The lowest BCUT2D eigenvalue weighted by molar-refractivity contribution is -0.597. The van der Waals surface area contributed by atoms with Crippen LogP contribution < -0.4 is 21.2 Å². The molecule has 2 aromatic carbocycles. The van der Waals surface area contributed by atoms with Crippen LogP contribution in [0.5, 0.6) is 0 Å². The molecule has 2 fully saturated rings. The fourth-order valence-electron chi connectivity index (χ4n) is 4.15. The Bertz CT molecular complexity index is 902. The molecule has 2 bridgehead atoms. The molecule has 0 heterocycles. The minimum Gasteiger partial charge on any atom is -0.743 e. The topological polar surface area (TPSA) is 57.2 Å². The molecule has 2 aliphatic carbocycles. The highest BCUT2D eigenvalue weighted by molar-refractivity contribution is 7.86. The van der Waals surface area contributed by atoms with Crippen LogP contribution in [0.25, 0.3) is 0 Å². The van der Waals surface area contributed by atoms with Gasteiger partial charge in [0.05, 0.1) is 0 Å². The summed E-state index contributed by atoms with van der Waals surface area (Å²) < 4.78 is 86.9. The molecule has 0 spiro atoms. The van der Waals surface area contributed by atoms with E-state index < -0.39 is 33.1 Å². The first kappa shape index (κ1) is 23.5. The van der Waals surface area contributed by atoms with Gasteiger partial charge in [0.25, 0.3) is 0 Å². The summed E-state index contributed by atoms with van der Waals surface area (Å²) in [6.07, 6.45) is 1.42. The van der Waals surface area contributed by atoms with E-state index in [1.165, 1.54) is 7.14 Å². The third-order valence-electron chi connectivity index (χ3n) is 5.59. The Hall–Kier alpha value is -1.20. The maximum atomic E-state index is 13.5. The maximum absolute atomic E-state index is 13.5. The predicted octanol–water partition coefficient (Wildman–Crippen LogP) is 2.01. The largest absolute Gasteiger partial charge is 0.743 e. The summed E-state index contributed by atoms with van der Waals surface area (Å²) in [5.41, 5.74) is 0. The van der Waals surface area contributed by atoms with Gasteiger partial charge in [0.1, 0.15) is 0 Å². The molecule has 0 amide bonds. The molecule has 9 heteroatoms. The molecule has 164 valence electrons. The molecule has 30 heavy (non-hydrogen) atoms. The van der Waals surface area contributed by atoms with E-state index in [1.54, 1.807) is 0 Å². The second-order valence-corrected chi connectivity index (χ2v) is 12.0. The van der Waals surface area contributed by atoms with Crippen LogP contribution in [-0.2, 0) is 10.1 Å².